The Morgan fingerprint density at radius 2 is 2.17 bits per heavy atom. The Bertz CT molecular complexity index is 770. The number of nitro benzene ring substituents is 1. The highest BCUT2D eigenvalue weighted by Gasteiger charge is 2.16. The average Bonchev–Trinajstić information content (AvgIpc) is 2.86. The van der Waals surface area contributed by atoms with E-state index in [-0.39, 0.29) is 17.2 Å². The quantitative estimate of drug-likeness (QED) is 0.254. The monoisotopic (exact) mass is 332 g/mol. The Balaban J connectivity index is 2.13. The average molecular weight is 332 g/mol. The molecule has 0 atom stereocenters. The summed E-state index contributed by atoms with van der Waals surface area (Å²) in [6, 6.07) is 4.50. The second-order valence-corrected chi connectivity index (χ2v) is 5.84. The van der Waals surface area contributed by atoms with Gasteiger partial charge in [-0.2, -0.15) is 0 Å². The van der Waals surface area contributed by atoms with Crippen molar-refractivity contribution in [3.05, 3.63) is 57.9 Å². The summed E-state index contributed by atoms with van der Waals surface area (Å²) in [7, 11) is 0. The summed E-state index contributed by atoms with van der Waals surface area (Å²) in [4.78, 5) is 22.7. The fourth-order valence-corrected chi connectivity index (χ4v) is 2.89. The SMILES string of the molecule is C=CCn1c(C)nnc1SCC(=O)c1ccc(C)c([N+](=O)[O-])c1. The molecular weight excluding hydrogens is 316 g/mol. The summed E-state index contributed by atoms with van der Waals surface area (Å²) in [5.74, 6) is 0.685. The third kappa shape index (κ3) is 3.84. The largest absolute Gasteiger partial charge is 0.302 e. The van der Waals surface area contributed by atoms with Gasteiger partial charge in [0.1, 0.15) is 5.82 Å². The molecule has 0 aliphatic rings. The van der Waals surface area contributed by atoms with Gasteiger partial charge in [0.2, 0.25) is 0 Å². The van der Waals surface area contributed by atoms with Crippen LogP contribution in [0.1, 0.15) is 21.7 Å². The van der Waals surface area contributed by atoms with Gasteiger partial charge in [-0.1, -0.05) is 30.0 Å². The van der Waals surface area contributed by atoms with E-state index in [1.165, 1.54) is 17.8 Å². The van der Waals surface area contributed by atoms with Crippen LogP contribution in [0.15, 0.2) is 36.0 Å². The van der Waals surface area contributed by atoms with Gasteiger partial charge in [-0.15, -0.1) is 16.8 Å². The molecule has 0 aliphatic heterocycles. The van der Waals surface area contributed by atoms with Crippen molar-refractivity contribution >= 4 is 23.2 Å². The smallest absolute Gasteiger partial charge is 0.273 e. The molecule has 0 saturated carbocycles. The molecule has 0 fully saturated rings. The van der Waals surface area contributed by atoms with Crippen LogP contribution >= 0.6 is 11.8 Å². The lowest BCUT2D eigenvalue weighted by Crippen LogP contribution is -2.06. The Labute approximate surface area is 137 Å². The molecule has 0 saturated heterocycles. The highest BCUT2D eigenvalue weighted by atomic mass is 32.2. The van der Waals surface area contributed by atoms with Crippen molar-refractivity contribution in [2.24, 2.45) is 0 Å². The highest BCUT2D eigenvalue weighted by Crippen LogP contribution is 2.22. The molecule has 0 unspecified atom stereocenters. The zero-order chi connectivity index (χ0) is 17.0. The summed E-state index contributed by atoms with van der Waals surface area (Å²) in [6.45, 7) is 7.71. The molecule has 23 heavy (non-hydrogen) atoms. The van der Waals surface area contributed by atoms with Crippen molar-refractivity contribution < 1.29 is 9.72 Å². The number of ketones is 1. The first-order valence-electron chi connectivity index (χ1n) is 6.85. The van der Waals surface area contributed by atoms with E-state index in [0.717, 1.165) is 5.82 Å². The van der Waals surface area contributed by atoms with Gasteiger partial charge < -0.3 is 4.57 Å². The predicted octanol–water partition coefficient (Wildman–Crippen LogP) is 2.96. The Morgan fingerprint density at radius 1 is 1.43 bits per heavy atom. The standard InChI is InChI=1S/C15H16N4O3S/c1-4-7-18-11(3)16-17-15(18)23-9-14(20)12-6-5-10(2)13(8-12)19(21)22/h4-6,8H,1,7,9H2,2-3H3. The van der Waals surface area contributed by atoms with Crippen molar-refractivity contribution in [2.45, 2.75) is 25.5 Å². The number of thioether (sulfide) groups is 1. The van der Waals surface area contributed by atoms with Crippen molar-refractivity contribution in [1.29, 1.82) is 0 Å². The lowest BCUT2D eigenvalue weighted by Gasteiger charge is -2.05. The molecule has 0 amide bonds. The third-order valence-electron chi connectivity index (χ3n) is 3.27. The Hall–Kier alpha value is -2.48. The maximum atomic E-state index is 12.3. The number of hydrogen-bond donors (Lipinski definition) is 0. The van der Waals surface area contributed by atoms with Crippen LogP contribution in [-0.4, -0.2) is 31.2 Å². The zero-order valence-corrected chi connectivity index (χ0v) is 13.7. The number of rotatable bonds is 7. The summed E-state index contributed by atoms with van der Waals surface area (Å²) >= 11 is 1.25. The van der Waals surface area contributed by atoms with Crippen LogP contribution in [-0.2, 0) is 6.54 Å². The molecule has 2 aromatic rings. The molecule has 1 heterocycles. The van der Waals surface area contributed by atoms with Gasteiger partial charge in [0, 0.05) is 23.7 Å². The topological polar surface area (TPSA) is 90.9 Å². The molecule has 0 bridgehead atoms. The molecular formula is C15H16N4O3S. The van der Waals surface area contributed by atoms with Crippen LogP contribution in [0.5, 0.6) is 0 Å². The van der Waals surface area contributed by atoms with E-state index in [9.17, 15) is 14.9 Å². The van der Waals surface area contributed by atoms with E-state index in [4.69, 9.17) is 0 Å². The van der Waals surface area contributed by atoms with E-state index in [1.807, 2.05) is 11.5 Å². The molecule has 2 rings (SSSR count). The number of hydrogen-bond acceptors (Lipinski definition) is 6. The Kier molecular flexibility index (Phi) is 5.28. The molecule has 1 aromatic heterocycles. The minimum Gasteiger partial charge on any atom is -0.302 e. The molecule has 0 aliphatic carbocycles. The number of Topliss-reactive ketones (excluding diaryl/α,β-unsaturated/α-hetero) is 1. The number of nitrogens with zero attached hydrogens (tertiary/aromatic N) is 4. The molecule has 0 radical (unpaired) electrons. The molecule has 8 heteroatoms. The van der Waals surface area contributed by atoms with Crippen molar-refractivity contribution in [3.63, 3.8) is 0 Å². The predicted molar refractivity (Wildman–Crippen MR) is 87.8 cm³/mol. The van der Waals surface area contributed by atoms with Gasteiger partial charge in [-0.25, -0.2) is 0 Å². The first-order valence-corrected chi connectivity index (χ1v) is 7.84. The first kappa shape index (κ1) is 16.9. The summed E-state index contributed by atoms with van der Waals surface area (Å²) in [5.41, 5.74) is 0.799. The van der Waals surface area contributed by atoms with E-state index < -0.39 is 4.92 Å². The molecule has 1 aromatic carbocycles. The van der Waals surface area contributed by atoms with Crippen molar-refractivity contribution in [2.75, 3.05) is 5.75 Å². The van der Waals surface area contributed by atoms with Gasteiger partial charge in [0.05, 0.1) is 10.7 Å². The van der Waals surface area contributed by atoms with Gasteiger partial charge in [-0.05, 0) is 13.8 Å². The van der Waals surface area contributed by atoms with Crippen LogP contribution in [0.3, 0.4) is 0 Å². The fraction of sp³-hybridized carbons (Fsp3) is 0.267. The Morgan fingerprint density at radius 3 is 2.83 bits per heavy atom. The molecule has 7 nitrogen and oxygen atoms in total. The van der Waals surface area contributed by atoms with E-state index in [0.29, 0.717) is 22.8 Å². The second-order valence-electron chi connectivity index (χ2n) is 4.90. The number of carbonyl (C=O) groups excluding carboxylic acids is 1. The number of aromatic nitrogens is 3. The molecule has 120 valence electrons. The minimum absolute atomic E-state index is 0.0495. The normalized spacial score (nSPS) is 10.5. The second kappa shape index (κ2) is 7.19. The van der Waals surface area contributed by atoms with Crippen LogP contribution < -0.4 is 0 Å². The van der Waals surface area contributed by atoms with Gasteiger partial charge in [0.25, 0.3) is 5.69 Å². The van der Waals surface area contributed by atoms with Gasteiger partial charge in [-0.3, -0.25) is 14.9 Å². The number of allylic oxidation sites excluding steroid dienone is 1. The zero-order valence-electron chi connectivity index (χ0n) is 12.9. The lowest BCUT2D eigenvalue weighted by atomic mass is 10.1. The number of carbonyl (C=O) groups is 1. The highest BCUT2D eigenvalue weighted by molar-refractivity contribution is 7.99. The first-order chi connectivity index (χ1) is 10.9. The van der Waals surface area contributed by atoms with E-state index >= 15 is 0 Å². The van der Waals surface area contributed by atoms with E-state index in [2.05, 4.69) is 16.8 Å². The van der Waals surface area contributed by atoms with Crippen LogP contribution in [0.4, 0.5) is 5.69 Å². The minimum atomic E-state index is -0.483. The maximum Gasteiger partial charge on any atom is 0.273 e. The maximum absolute atomic E-state index is 12.3. The molecule has 0 N–H and O–H groups in total. The van der Waals surface area contributed by atoms with Crippen LogP contribution in [0.2, 0.25) is 0 Å². The van der Waals surface area contributed by atoms with Gasteiger partial charge >= 0.3 is 0 Å². The summed E-state index contributed by atoms with van der Waals surface area (Å²) in [5, 5.41) is 19.6. The lowest BCUT2D eigenvalue weighted by molar-refractivity contribution is -0.385. The van der Waals surface area contributed by atoms with Crippen molar-refractivity contribution in [3.8, 4) is 0 Å². The number of aryl methyl sites for hydroxylation is 2. The number of benzene rings is 1. The summed E-state index contributed by atoms with van der Waals surface area (Å²) in [6.07, 6.45) is 1.73. The molecule has 0 spiro atoms. The van der Waals surface area contributed by atoms with Crippen molar-refractivity contribution in [1.82, 2.24) is 14.8 Å². The van der Waals surface area contributed by atoms with Gasteiger partial charge in [0.15, 0.2) is 10.9 Å². The third-order valence-corrected chi connectivity index (χ3v) is 4.24. The number of nitro groups is 1. The summed E-state index contributed by atoms with van der Waals surface area (Å²) < 4.78 is 1.85. The van der Waals surface area contributed by atoms with E-state index in [1.54, 1.807) is 25.1 Å². The van der Waals surface area contributed by atoms with Crippen LogP contribution in [0, 0.1) is 24.0 Å². The van der Waals surface area contributed by atoms with Crippen LogP contribution in [0.25, 0.3) is 0 Å². The fourth-order valence-electron chi connectivity index (χ4n) is 2.00.